The van der Waals surface area contributed by atoms with E-state index in [1.807, 2.05) is 13.8 Å². The highest BCUT2D eigenvalue weighted by Gasteiger charge is 2.36. The van der Waals surface area contributed by atoms with Gasteiger partial charge in [0.2, 0.25) is 0 Å². The van der Waals surface area contributed by atoms with Crippen molar-refractivity contribution in [1.82, 2.24) is 5.32 Å². The van der Waals surface area contributed by atoms with Crippen molar-refractivity contribution >= 4 is 17.4 Å². The number of halogens is 2. The van der Waals surface area contributed by atoms with Gasteiger partial charge < -0.3 is 5.32 Å². The maximum Gasteiger partial charge on any atom is 0.143 e. The molecule has 4 heteroatoms. The fourth-order valence-electron chi connectivity index (χ4n) is 2.76. The highest BCUT2D eigenvalue weighted by Crippen LogP contribution is 2.34. The van der Waals surface area contributed by atoms with E-state index in [1.165, 1.54) is 6.07 Å². The van der Waals surface area contributed by atoms with E-state index in [0.29, 0.717) is 12.3 Å². The third kappa shape index (κ3) is 3.39. The van der Waals surface area contributed by atoms with E-state index in [0.717, 1.165) is 31.5 Å². The molecule has 2 nitrogen and oxygen atoms in total. The molecule has 1 aliphatic heterocycles. The third-order valence-electron chi connectivity index (χ3n) is 4.38. The standard InChI is InChI=1S/C16H21ClFNO/c1-16(2,12-4-3-7-19-10-12)15(20)9-11-5-6-14(18)13(17)8-11/h5-6,8,12,19H,3-4,7,9-10H2,1-2H3. The average Bonchev–Trinajstić information content (AvgIpc) is 2.44. The Balaban J connectivity index is 2.07. The van der Waals surface area contributed by atoms with Crippen LogP contribution in [-0.2, 0) is 11.2 Å². The Bertz CT molecular complexity index is 495. The maximum absolute atomic E-state index is 13.1. The molecule has 110 valence electrons. The molecule has 1 heterocycles. The van der Waals surface area contributed by atoms with Crippen LogP contribution in [0.4, 0.5) is 4.39 Å². The van der Waals surface area contributed by atoms with Crippen molar-refractivity contribution in [2.45, 2.75) is 33.1 Å². The third-order valence-corrected chi connectivity index (χ3v) is 4.67. The number of carbonyl (C=O) groups excluding carboxylic acids is 1. The fourth-order valence-corrected chi connectivity index (χ4v) is 2.96. The molecule has 0 aliphatic carbocycles. The Morgan fingerprint density at radius 2 is 2.25 bits per heavy atom. The molecule has 0 spiro atoms. The molecule has 0 amide bonds. The molecule has 0 saturated carbocycles. The second kappa shape index (κ2) is 6.23. The van der Waals surface area contributed by atoms with Crippen LogP contribution in [0.15, 0.2) is 18.2 Å². The van der Waals surface area contributed by atoms with Crippen molar-refractivity contribution in [1.29, 1.82) is 0 Å². The van der Waals surface area contributed by atoms with Crippen LogP contribution in [-0.4, -0.2) is 18.9 Å². The van der Waals surface area contributed by atoms with Crippen LogP contribution in [0.3, 0.4) is 0 Å². The largest absolute Gasteiger partial charge is 0.316 e. The van der Waals surface area contributed by atoms with Crippen LogP contribution in [0.1, 0.15) is 32.3 Å². The van der Waals surface area contributed by atoms with Crippen molar-refractivity contribution in [2.75, 3.05) is 13.1 Å². The molecular formula is C16H21ClFNO. The Morgan fingerprint density at radius 1 is 1.50 bits per heavy atom. The van der Waals surface area contributed by atoms with Crippen molar-refractivity contribution in [2.24, 2.45) is 11.3 Å². The van der Waals surface area contributed by atoms with E-state index in [-0.39, 0.29) is 16.2 Å². The predicted octanol–water partition coefficient (Wildman–Crippen LogP) is 3.62. The summed E-state index contributed by atoms with van der Waals surface area (Å²) in [5, 5.41) is 3.43. The van der Waals surface area contributed by atoms with Crippen molar-refractivity contribution in [3.05, 3.63) is 34.6 Å². The number of hydrogen-bond acceptors (Lipinski definition) is 2. The molecule has 0 bridgehead atoms. The number of carbonyl (C=O) groups is 1. The van der Waals surface area contributed by atoms with Gasteiger partial charge in [0.15, 0.2) is 0 Å². The summed E-state index contributed by atoms with van der Waals surface area (Å²) in [4.78, 5) is 12.6. The van der Waals surface area contributed by atoms with Crippen LogP contribution in [0.2, 0.25) is 5.02 Å². The summed E-state index contributed by atoms with van der Waals surface area (Å²) < 4.78 is 13.1. The smallest absolute Gasteiger partial charge is 0.143 e. The van der Waals surface area contributed by atoms with Gasteiger partial charge in [-0.25, -0.2) is 4.39 Å². The first kappa shape index (κ1) is 15.5. The summed E-state index contributed by atoms with van der Waals surface area (Å²) in [6, 6.07) is 4.50. The number of nitrogens with one attached hydrogen (secondary N) is 1. The lowest BCUT2D eigenvalue weighted by atomic mass is 9.71. The zero-order valence-corrected chi connectivity index (χ0v) is 12.8. The van der Waals surface area contributed by atoms with E-state index in [9.17, 15) is 9.18 Å². The van der Waals surface area contributed by atoms with E-state index >= 15 is 0 Å². The highest BCUT2D eigenvalue weighted by atomic mass is 35.5. The zero-order chi connectivity index (χ0) is 14.8. The van der Waals surface area contributed by atoms with E-state index in [1.54, 1.807) is 12.1 Å². The number of hydrogen-bond donors (Lipinski definition) is 1. The predicted molar refractivity (Wildman–Crippen MR) is 79.5 cm³/mol. The fraction of sp³-hybridized carbons (Fsp3) is 0.562. The number of rotatable bonds is 4. The quantitative estimate of drug-likeness (QED) is 0.920. The summed E-state index contributed by atoms with van der Waals surface area (Å²) in [5.41, 5.74) is 0.409. The SMILES string of the molecule is CC(C)(C(=O)Cc1ccc(F)c(Cl)c1)C1CCCNC1. The first-order valence-corrected chi connectivity index (χ1v) is 7.47. The van der Waals surface area contributed by atoms with Crippen molar-refractivity contribution < 1.29 is 9.18 Å². The van der Waals surface area contributed by atoms with Crippen LogP contribution in [0.25, 0.3) is 0 Å². The first-order valence-electron chi connectivity index (χ1n) is 7.09. The molecule has 1 fully saturated rings. The van der Waals surface area contributed by atoms with Crippen molar-refractivity contribution in [3.63, 3.8) is 0 Å². The number of benzene rings is 1. The molecule has 1 aromatic rings. The molecule has 1 aliphatic rings. The molecule has 1 atom stereocenters. The minimum Gasteiger partial charge on any atom is -0.316 e. The van der Waals surface area contributed by atoms with Crippen LogP contribution in [0, 0.1) is 17.2 Å². The summed E-state index contributed by atoms with van der Waals surface area (Å²) in [5.74, 6) is 0.104. The normalized spacial score (nSPS) is 19.9. The second-order valence-corrected chi connectivity index (χ2v) is 6.52. The monoisotopic (exact) mass is 297 g/mol. The zero-order valence-electron chi connectivity index (χ0n) is 12.0. The number of ketones is 1. The number of Topliss-reactive ketones (excluding diaryl/α,β-unsaturated/α-hetero) is 1. The molecular weight excluding hydrogens is 277 g/mol. The van der Waals surface area contributed by atoms with Gasteiger partial charge in [-0.3, -0.25) is 4.79 Å². The molecule has 1 unspecified atom stereocenters. The minimum absolute atomic E-state index is 0.0763. The second-order valence-electron chi connectivity index (χ2n) is 6.11. The molecule has 1 aromatic carbocycles. The highest BCUT2D eigenvalue weighted by molar-refractivity contribution is 6.30. The van der Waals surface area contributed by atoms with Gasteiger partial charge >= 0.3 is 0 Å². The lowest BCUT2D eigenvalue weighted by Crippen LogP contribution is -2.43. The van der Waals surface area contributed by atoms with Crippen molar-refractivity contribution in [3.8, 4) is 0 Å². The minimum atomic E-state index is -0.446. The molecule has 1 N–H and O–H groups in total. The Labute approximate surface area is 124 Å². The van der Waals surface area contributed by atoms with E-state index in [2.05, 4.69) is 5.32 Å². The van der Waals surface area contributed by atoms with Gasteiger partial charge in [-0.15, -0.1) is 0 Å². The lowest BCUT2D eigenvalue weighted by molar-refractivity contribution is -0.129. The van der Waals surface area contributed by atoms with Crippen LogP contribution >= 0.6 is 11.6 Å². The van der Waals surface area contributed by atoms with Gasteiger partial charge in [-0.1, -0.05) is 31.5 Å². The first-order chi connectivity index (χ1) is 9.41. The summed E-state index contributed by atoms with van der Waals surface area (Å²) in [6.45, 7) is 5.95. The van der Waals surface area contributed by atoms with Gasteiger partial charge in [0.05, 0.1) is 5.02 Å². The summed E-state index contributed by atoms with van der Waals surface area (Å²) >= 11 is 5.76. The topological polar surface area (TPSA) is 29.1 Å². The maximum atomic E-state index is 13.1. The molecule has 0 aromatic heterocycles. The Morgan fingerprint density at radius 3 is 2.85 bits per heavy atom. The van der Waals surface area contributed by atoms with Crippen LogP contribution < -0.4 is 5.32 Å². The van der Waals surface area contributed by atoms with Gasteiger partial charge in [0.25, 0.3) is 0 Å². The van der Waals surface area contributed by atoms with Gasteiger partial charge in [-0.2, -0.15) is 0 Å². The van der Waals surface area contributed by atoms with Gasteiger partial charge in [0, 0.05) is 11.8 Å². The lowest BCUT2D eigenvalue weighted by Gasteiger charge is -2.36. The molecule has 20 heavy (non-hydrogen) atoms. The molecule has 1 saturated heterocycles. The van der Waals surface area contributed by atoms with Gasteiger partial charge in [-0.05, 0) is 49.5 Å². The average molecular weight is 298 g/mol. The summed E-state index contributed by atoms with van der Waals surface area (Å²) in [7, 11) is 0. The molecule has 0 radical (unpaired) electrons. The van der Waals surface area contributed by atoms with E-state index in [4.69, 9.17) is 11.6 Å². The number of piperidine rings is 1. The Hall–Kier alpha value is -0.930. The van der Waals surface area contributed by atoms with Crippen LogP contribution in [0.5, 0.6) is 0 Å². The van der Waals surface area contributed by atoms with Gasteiger partial charge in [0.1, 0.15) is 11.6 Å². The summed E-state index contributed by atoms with van der Waals surface area (Å²) in [6.07, 6.45) is 2.50. The Kier molecular flexibility index (Phi) is 4.82. The molecule has 2 rings (SSSR count). The van der Waals surface area contributed by atoms with E-state index < -0.39 is 5.82 Å².